The Balaban J connectivity index is 1.39. The van der Waals surface area contributed by atoms with Gasteiger partial charge < -0.3 is 15.4 Å². The molecule has 0 unspecified atom stereocenters. The first-order valence-corrected chi connectivity index (χ1v) is 12.2. The molecule has 154 valence electrons. The fourth-order valence-corrected chi connectivity index (χ4v) is 6.11. The summed E-state index contributed by atoms with van der Waals surface area (Å²) in [6.07, 6.45) is 1.27. The molecule has 0 radical (unpaired) electrons. The van der Waals surface area contributed by atoms with Gasteiger partial charge in [0, 0.05) is 10.2 Å². The maximum absolute atomic E-state index is 12.0. The van der Waals surface area contributed by atoms with Crippen LogP contribution < -0.4 is 15.4 Å². The molecule has 8 heteroatoms. The van der Waals surface area contributed by atoms with Crippen LogP contribution in [0, 0.1) is 6.92 Å². The number of aryl methyl sites for hydroxylation is 1. The van der Waals surface area contributed by atoms with Crippen molar-refractivity contribution in [2.75, 3.05) is 30.0 Å². The lowest BCUT2D eigenvalue weighted by Gasteiger charge is -2.21. The van der Waals surface area contributed by atoms with Gasteiger partial charge in [0.15, 0.2) is 6.61 Å². The molecule has 0 aromatic heterocycles. The topological polar surface area (TPSA) is 67.4 Å². The van der Waals surface area contributed by atoms with E-state index in [0.717, 1.165) is 15.7 Å². The molecule has 1 heterocycles. The molecule has 0 spiro atoms. The summed E-state index contributed by atoms with van der Waals surface area (Å²) < 4.78 is 6.96. The molecule has 5 nitrogen and oxygen atoms in total. The maximum Gasteiger partial charge on any atom is 0.258 e. The highest BCUT2D eigenvalue weighted by Gasteiger charge is 2.16. The molecule has 1 aliphatic rings. The number of benzene rings is 2. The van der Waals surface area contributed by atoms with Crippen molar-refractivity contribution in [3.05, 3.63) is 58.1 Å². The van der Waals surface area contributed by atoms with E-state index in [1.165, 1.54) is 23.5 Å². The fraction of sp³-hybridized carbons (Fsp3) is 0.333. The van der Waals surface area contributed by atoms with Crippen LogP contribution >= 0.6 is 39.5 Å². The zero-order valence-corrected chi connectivity index (χ0v) is 19.3. The third-order valence-electron chi connectivity index (χ3n) is 4.26. The Morgan fingerprint density at radius 2 is 1.83 bits per heavy atom. The van der Waals surface area contributed by atoms with Gasteiger partial charge in [-0.1, -0.05) is 28.1 Å². The van der Waals surface area contributed by atoms with Gasteiger partial charge in [-0.3, -0.25) is 9.59 Å². The number of nitrogens with one attached hydrogen (secondary N) is 2. The highest BCUT2D eigenvalue weighted by Crippen LogP contribution is 2.43. The summed E-state index contributed by atoms with van der Waals surface area (Å²) in [5, 5.41) is 5.36. The van der Waals surface area contributed by atoms with E-state index in [0.29, 0.717) is 10.3 Å². The Kier molecular flexibility index (Phi) is 8.32. The number of carbonyl (C=O) groups is 2. The maximum atomic E-state index is 12.0. The lowest BCUT2D eigenvalue weighted by Crippen LogP contribution is -2.35. The van der Waals surface area contributed by atoms with Gasteiger partial charge >= 0.3 is 0 Å². The Labute approximate surface area is 187 Å². The van der Waals surface area contributed by atoms with Gasteiger partial charge in [0.25, 0.3) is 5.91 Å². The second-order valence-corrected chi connectivity index (χ2v) is 10.2. The van der Waals surface area contributed by atoms with Crippen LogP contribution in [-0.4, -0.2) is 36.5 Å². The molecule has 0 atom stereocenters. The van der Waals surface area contributed by atoms with E-state index in [1.807, 2.05) is 60.8 Å². The summed E-state index contributed by atoms with van der Waals surface area (Å²) in [6, 6.07) is 13.5. The molecule has 2 amide bonds. The molecule has 0 saturated carbocycles. The molecule has 2 aromatic rings. The highest BCUT2D eigenvalue weighted by atomic mass is 79.9. The fourth-order valence-electron chi connectivity index (χ4n) is 2.74. The smallest absolute Gasteiger partial charge is 0.258 e. The Bertz CT molecular complexity index is 856. The molecule has 0 bridgehead atoms. The number of amides is 2. The standard InChI is InChI=1S/C21H23BrN2O3S2/c1-14-11-16(22)5-8-18(14)24-19(25)12-23-20(26)13-27-17-6-3-15(4-7-17)21-28-9-2-10-29-21/h3-8,11,21H,2,9-10,12-13H2,1H3,(H,23,26)(H,24,25). The Hall–Kier alpha value is -1.64. The Morgan fingerprint density at radius 3 is 2.52 bits per heavy atom. The van der Waals surface area contributed by atoms with Crippen molar-refractivity contribution in [2.45, 2.75) is 17.9 Å². The summed E-state index contributed by atoms with van der Waals surface area (Å²) in [4.78, 5) is 24.0. The van der Waals surface area contributed by atoms with E-state index in [9.17, 15) is 9.59 Å². The van der Waals surface area contributed by atoms with E-state index in [2.05, 4.69) is 38.7 Å². The average molecular weight is 495 g/mol. The number of hydrogen-bond acceptors (Lipinski definition) is 5. The predicted molar refractivity (Wildman–Crippen MR) is 125 cm³/mol. The first kappa shape index (κ1) is 22.1. The predicted octanol–water partition coefficient (Wildman–Crippen LogP) is 4.76. The van der Waals surface area contributed by atoms with Crippen LogP contribution in [0.25, 0.3) is 0 Å². The minimum atomic E-state index is -0.338. The normalized spacial score (nSPS) is 14.3. The number of ether oxygens (including phenoxy) is 1. The number of rotatable bonds is 7. The lowest BCUT2D eigenvalue weighted by atomic mass is 10.2. The van der Waals surface area contributed by atoms with Crippen molar-refractivity contribution in [3.63, 3.8) is 0 Å². The lowest BCUT2D eigenvalue weighted by molar-refractivity contribution is -0.125. The van der Waals surface area contributed by atoms with Crippen LogP contribution in [0.2, 0.25) is 0 Å². The molecule has 3 rings (SSSR count). The SMILES string of the molecule is Cc1cc(Br)ccc1NC(=O)CNC(=O)COc1ccc(C2SCCCS2)cc1. The zero-order valence-electron chi connectivity index (χ0n) is 16.1. The minimum Gasteiger partial charge on any atom is -0.484 e. The van der Waals surface area contributed by atoms with E-state index < -0.39 is 0 Å². The van der Waals surface area contributed by atoms with Gasteiger partial charge in [-0.15, -0.1) is 23.5 Å². The van der Waals surface area contributed by atoms with Gasteiger partial charge in [-0.2, -0.15) is 0 Å². The largest absolute Gasteiger partial charge is 0.484 e. The molecule has 2 aromatic carbocycles. The van der Waals surface area contributed by atoms with Crippen molar-refractivity contribution in [3.8, 4) is 5.75 Å². The molecule has 2 N–H and O–H groups in total. The quantitative estimate of drug-likeness (QED) is 0.580. The third-order valence-corrected chi connectivity index (χ3v) is 7.77. The number of hydrogen-bond donors (Lipinski definition) is 2. The van der Waals surface area contributed by atoms with Crippen molar-refractivity contribution in [1.29, 1.82) is 0 Å². The average Bonchev–Trinajstić information content (AvgIpc) is 2.74. The summed E-state index contributed by atoms with van der Waals surface area (Å²) in [5.74, 6) is 2.42. The first-order valence-electron chi connectivity index (χ1n) is 9.30. The summed E-state index contributed by atoms with van der Waals surface area (Å²) >= 11 is 7.33. The van der Waals surface area contributed by atoms with Crippen molar-refractivity contribution >= 4 is 57.0 Å². The van der Waals surface area contributed by atoms with E-state index in [-0.39, 0.29) is 25.0 Å². The van der Waals surface area contributed by atoms with Crippen LogP contribution in [-0.2, 0) is 9.59 Å². The monoisotopic (exact) mass is 494 g/mol. The van der Waals surface area contributed by atoms with Crippen molar-refractivity contribution < 1.29 is 14.3 Å². The van der Waals surface area contributed by atoms with Gasteiger partial charge in [0.1, 0.15) is 5.75 Å². The van der Waals surface area contributed by atoms with Crippen LogP contribution in [0.15, 0.2) is 46.9 Å². The summed E-state index contributed by atoms with van der Waals surface area (Å²) in [7, 11) is 0. The number of thioether (sulfide) groups is 2. The molecular formula is C21H23BrN2O3S2. The van der Waals surface area contributed by atoms with Crippen LogP contribution in [0.4, 0.5) is 5.69 Å². The third kappa shape index (κ3) is 6.97. The molecule has 29 heavy (non-hydrogen) atoms. The second-order valence-electron chi connectivity index (χ2n) is 6.57. The molecule has 1 fully saturated rings. The van der Waals surface area contributed by atoms with Crippen LogP contribution in [0.5, 0.6) is 5.75 Å². The second kappa shape index (κ2) is 10.9. The van der Waals surface area contributed by atoms with Gasteiger partial charge in [0.2, 0.25) is 5.91 Å². The van der Waals surface area contributed by atoms with Gasteiger partial charge in [-0.05, 0) is 66.3 Å². The number of carbonyl (C=O) groups excluding carboxylic acids is 2. The van der Waals surface area contributed by atoms with E-state index in [4.69, 9.17) is 4.74 Å². The minimum absolute atomic E-state index is 0.104. The number of halogens is 1. The van der Waals surface area contributed by atoms with E-state index >= 15 is 0 Å². The van der Waals surface area contributed by atoms with Crippen molar-refractivity contribution in [1.82, 2.24) is 5.32 Å². The molecular weight excluding hydrogens is 472 g/mol. The first-order chi connectivity index (χ1) is 14.0. The van der Waals surface area contributed by atoms with Crippen LogP contribution in [0.1, 0.15) is 22.1 Å². The molecule has 0 aliphatic carbocycles. The molecule has 1 aliphatic heterocycles. The number of anilines is 1. The zero-order chi connectivity index (χ0) is 20.6. The van der Waals surface area contributed by atoms with Crippen LogP contribution in [0.3, 0.4) is 0 Å². The van der Waals surface area contributed by atoms with Gasteiger partial charge in [0.05, 0.1) is 11.1 Å². The Morgan fingerprint density at radius 1 is 1.10 bits per heavy atom. The van der Waals surface area contributed by atoms with Gasteiger partial charge in [-0.25, -0.2) is 0 Å². The van der Waals surface area contributed by atoms with E-state index in [1.54, 1.807) is 0 Å². The summed E-state index contributed by atoms with van der Waals surface area (Å²) in [6.45, 7) is 1.67. The molecule has 1 saturated heterocycles. The van der Waals surface area contributed by atoms with Crippen molar-refractivity contribution in [2.24, 2.45) is 0 Å². The highest BCUT2D eigenvalue weighted by molar-refractivity contribution is 9.10. The summed E-state index contributed by atoms with van der Waals surface area (Å²) in [5.41, 5.74) is 2.94.